The molecule has 0 aliphatic rings. The van der Waals surface area contributed by atoms with Crippen molar-refractivity contribution in [3.05, 3.63) is 0 Å². The molecule has 1 unspecified atom stereocenters. The smallest absolute Gasteiger partial charge is 0.310 e. The first-order chi connectivity index (χ1) is 7.78. The Bertz CT molecular complexity index is 276. The second kappa shape index (κ2) is 5.63. The van der Waals surface area contributed by atoms with E-state index in [-0.39, 0.29) is 28.3 Å². The van der Waals surface area contributed by atoms with E-state index in [4.69, 9.17) is 4.74 Å². The summed E-state index contributed by atoms with van der Waals surface area (Å²) < 4.78 is 5.68. The Kier molecular flexibility index (Phi) is 5.46. The molecular formula is C16H32O2. The molecule has 108 valence electrons. The van der Waals surface area contributed by atoms with E-state index in [9.17, 15) is 4.79 Å². The zero-order valence-corrected chi connectivity index (χ0v) is 13.8. The fourth-order valence-corrected chi connectivity index (χ4v) is 1.77. The topological polar surface area (TPSA) is 26.3 Å². The normalized spacial score (nSPS) is 15.4. The van der Waals surface area contributed by atoms with Gasteiger partial charge in [-0.3, -0.25) is 4.79 Å². The van der Waals surface area contributed by atoms with E-state index in [0.29, 0.717) is 0 Å². The summed E-state index contributed by atoms with van der Waals surface area (Å²) in [5.74, 6) is -0.104. The molecule has 0 aliphatic carbocycles. The second-order valence-electron chi connectivity index (χ2n) is 8.22. The Hall–Kier alpha value is -0.530. The SMILES string of the molecule is CCC(C)(C)OC(=O)C(CC(C)(C)C)C(C)(C)C. The molecule has 0 radical (unpaired) electrons. The van der Waals surface area contributed by atoms with Crippen LogP contribution in [0.2, 0.25) is 0 Å². The first-order valence-electron chi connectivity index (χ1n) is 7.01. The number of hydrogen-bond donors (Lipinski definition) is 0. The Morgan fingerprint density at radius 1 is 1.00 bits per heavy atom. The van der Waals surface area contributed by atoms with Gasteiger partial charge in [-0.15, -0.1) is 0 Å². The molecule has 1 atom stereocenters. The fourth-order valence-electron chi connectivity index (χ4n) is 1.77. The number of carbonyl (C=O) groups excluding carboxylic acids is 1. The van der Waals surface area contributed by atoms with Crippen LogP contribution in [0.3, 0.4) is 0 Å². The summed E-state index contributed by atoms with van der Waals surface area (Å²) in [7, 11) is 0. The summed E-state index contributed by atoms with van der Waals surface area (Å²) in [5, 5.41) is 0. The molecule has 0 rings (SSSR count). The van der Waals surface area contributed by atoms with Gasteiger partial charge in [0.05, 0.1) is 5.92 Å². The third-order valence-corrected chi connectivity index (χ3v) is 3.37. The minimum Gasteiger partial charge on any atom is -0.459 e. The highest BCUT2D eigenvalue weighted by Gasteiger charge is 2.37. The average molecular weight is 256 g/mol. The number of esters is 1. The Balaban J connectivity index is 4.95. The van der Waals surface area contributed by atoms with E-state index in [2.05, 4.69) is 41.5 Å². The van der Waals surface area contributed by atoms with Gasteiger partial charge in [-0.2, -0.15) is 0 Å². The van der Waals surface area contributed by atoms with Crippen LogP contribution >= 0.6 is 0 Å². The van der Waals surface area contributed by atoms with Gasteiger partial charge in [-0.05, 0) is 37.5 Å². The first kappa shape index (κ1) is 17.5. The molecule has 0 fully saturated rings. The predicted molar refractivity (Wildman–Crippen MR) is 77.5 cm³/mol. The zero-order valence-electron chi connectivity index (χ0n) is 13.8. The van der Waals surface area contributed by atoms with E-state index in [0.717, 1.165) is 12.8 Å². The van der Waals surface area contributed by atoms with Crippen molar-refractivity contribution in [2.24, 2.45) is 16.7 Å². The fraction of sp³-hybridized carbons (Fsp3) is 0.938. The third-order valence-electron chi connectivity index (χ3n) is 3.37. The lowest BCUT2D eigenvalue weighted by Crippen LogP contribution is -2.38. The maximum atomic E-state index is 12.4. The molecule has 0 saturated heterocycles. The van der Waals surface area contributed by atoms with Crippen LogP contribution in [0, 0.1) is 16.7 Å². The Morgan fingerprint density at radius 3 is 1.72 bits per heavy atom. The van der Waals surface area contributed by atoms with Gasteiger partial charge in [0.15, 0.2) is 0 Å². The van der Waals surface area contributed by atoms with Crippen LogP contribution in [0.25, 0.3) is 0 Å². The maximum Gasteiger partial charge on any atom is 0.310 e. The molecule has 0 aliphatic heterocycles. The average Bonchev–Trinajstić information content (AvgIpc) is 2.10. The highest BCUT2D eigenvalue weighted by atomic mass is 16.6. The van der Waals surface area contributed by atoms with Crippen LogP contribution in [0.4, 0.5) is 0 Å². The van der Waals surface area contributed by atoms with E-state index in [1.54, 1.807) is 0 Å². The standard InChI is InChI=1S/C16H32O2/c1-10-16(8,9)18-13(17)12(15(5,6)7)11-14(2,3)4/h12H,10-11H2,1-9H3. The first-order valence-corrected chi connectivity index (χ1v) is 7.01. The molecule has 18 heavy (non-hydrogen) atoms. The lowest BCUT2D eigenvalue weighted by atomic mass is 9.72. The predicted octanol–water partition coefficient (Wildman–Crippen LogP) is 4.82. The summed E-state index contributed by atoms with van der Waals surface area (Å²) in [4.78, 5) is 12.4. The van der Waals surface area contributed by atoms with Gasteiger partial charge in [-0.1, -0.05) is 48.5 Å². The van der Waals surface area contributed by atoms with Gasteiger partial charge < -0.3 is 4.74 Å². The zero-order chi connectivity index (χ0) is 14.8. The van der Waals surface area contributed by atoms with Crippen molar-refractivity contribution in [3.63, 3.8) is 0 Å². The van der Waals surface area contributed by atoms with Crippen LogP contribution in [-0.4, -0.2) is 11.6 Å². The summed E-state index contributed by atoms with van der Waals surface area (Å²) >= 11 is 0. The van der Waals surface area contributed by atoms with Crippen LogP contribution in [0.5, 0.6) is 0 Å². The molecule has 0 aromatic rings. The largest absolute Gasteiger partial charge is 0.459 e. The quantitative estimate of drug-likeness (QED) is 0.674. The van der Waals surface area contributed by atoms with Crippen molar-refractivity contribution >= 4 is 5.97 Å². The van der Waals surface area contributed by atoms with Crippen LogP contribution < -0.4 is 0 Å². The van der Waals surface area contributed by atoms with Gasteiger partial charge in [-0.25, -0.2) is 0 Å². The molecule has 2 heteroatoms. The molecule has 0 aromatic heterocycles. The lowest BCUT2D eigenvalue weighted by molar-refractivity contribution is -0.167. The number of carbonyl (C=O) groups is 1. The summed E-state index contributed by atoms with van der Waals surface area (Å²) in [6.45, 7) is 18.8. The number of rotatable bonds is 4. The van der Waals surface area contributed by atoms with E-state index in [1.807, 2.05) is 20.8 Å². The second-order valence-corrected chi connectivity index (χ2v) is 8.22. The van der Waals surface area contributed by atoms with E-state index in [1.165, 1.54) is 0 Å². The minimum absolute atomic E-state index is 0.0516. The van der Waals surface area contributed by atoms with Gasteiger partial charge in [0.2, 0.25) is 0 Å². The van der Waals surface area contributed by atoms with Crippen molar-refractivity contribution in [2.45, 2.75) is 80.8 Å². The van der Waals surface area contributed by atoms with Crippen molar-refractivity contribution in [2.75, 3.05) is 0 Å². The maximum absolute atomic E-state index is 12.4. The van der Waals surface area contributed by atoms with Crippen molar-refractivity contribution < 1.29 is 9.53 Å². The minimum atomic E-state index is -0.363. The van der Waals surface area contributed by atoms with Crippen LogP contribution in [0.1, 0.15) is 75.2 Å². The molecule has 0 bridgehead atoms. The van der Waals surface area contributed by atoms with Crippen LogP contribution in [0.15, 0.2) is 0 Å². The summed E-state index contributed by atoms with van der Waals surface area (Å²) in [6, 6.07) is 0. The molecule has 0 saturated carbocycles. The Morgan fingerprint density at radius 2 is 1.44 bits per heavy atom. The van der Waals surface area contributed by atoms with Crippen LogP contribution in [-0.2, 0) is 9.53 Å². The molecule has 0 amide bonds. The third kappa shape index (κ3) is 6.42. The summed E-state index contributed by atoms with van der Waals surface area (Å²) in [6.07, 6.45) is 1.69. The molecule has 0 aromatic carbocycles. The van der Waals surface area contributed by atoms with Crippen molar-refractivity contribution in [1.29, 1.82) is 0 Å². The van der Waals surface area contributed by atoms with Crippen molar-refractivity contribution in [1.82, 2.24) is 0 Å². The molecule has 0 heterocycles. The van der Waals surface area contributed by atoms with Gasteiger partial charge in [0.25, 0.3) is 0 Å². The molecular weight excluding hydrogens is 224 g/mol. The van der Waals surface area contributed by atoms with E-state index < -0.39 is 0 Å². The summed E-state index contributed by atoms with van der Waals surface area (Å²) in [5.41, 5.74) is -0.292. The molecule has 0 spiro atoms. The number of ether oxygens (including phenoxy) is 1. The molecule has 0 N–H and O–H groups in total. The lowest BCUT2D eigenvalue weighted by Gasteiger charge is -2.36. The van der Waals surface area contributed by atoms with Gasteiger partial charge >= 0.3 is 5.97 Å². The monoisotopic (exact) mass is 256 g/mol. The highest BCUT2D eigenvalue weighted by molar-refractivity contribution is 5.73. The molecule has 2 nitrogen and oxygen atoms in total. The van der Waals surface area contributed by atoms with Gasteiger partial charge in [0, 0.05) is 0 Å². The number of hydrogen-bond acceptors (Lipinski definition) is 2. The van der Waals surface area contributed by atoms with Gasteiger partial charge in [0.1, 0.15) is 5.60 Å². The Labute approximate surface area is 113 Å². The van der Waals surface area contributed by atoms with E-state index >= 15 is 0 Å². The highest BCUT2D eigenvalue weighted by Crippen LogP contribution is 2.37. The van der Waals surface area contributed by atoms with Crippen molar-refractivity contribution in [3.8, 4) is 0 Å².